The van der Waals surface area contributed by atoms with Crippen LogP contribution in [0.15, 0.2) is 60.7 Å². The van der Waals surface area contributed by atoms with Gasteiger partial charge in [0.05, 0.1) is 0 Å². The Labute approximate surface area is 195 Å². The van der Waals surface area contributed by atoms with E-state index in [4.69, 9.17) is 4.74 Å². The summed E-state index contributed by atoms with van der Waals surface area (Å²) in [4.78, 5) is 29.6. The Balaban J connectivity index is 1.37. The molecule has 0 atom stereocenters. The number of rotatable bonds is 4. The van der Waals surface area contributed by atoms with Gasteiger partial charge in [0.2, 0.25) is 0 Å². The molecule has 33 heavy (non-hydrogen) atoms. The van der Waals surface area contributed by atoms with E-state index in [2.05, 4.69) is 33.8 Å². The summed E-state index contributed by atoms with van der Waals surface area (Å²) < 4.78 is 5.95. The molecular formula is C28H32N2O3. The zero-order chi connectivity index (χ0) is 23.6. The van der Waals surface area contributed by atoms with E-state index in [9.17, 15) is 9.59 Å². The van der Waals surface area contributed by atoms with Crippen LogP contribution in [0.4, 0.5) is 0 Å². The minimum atomic E-state index is -0.0714. The number of ether oxygens (including phenoxy) is 1. The zero-order valence-corrected chi connectivity index (χ0v) is 19.9. The Hall–Kier alpha value is -3.34. The van der Waals surface area contributed by atoms with E-state index < -0.39 is 0 Å². The summed E-state index contributed by atoms with van der Waals surface area (Å²) in [6, 6.07) is 19.8. The highest BCUT2D eigenvalue weighted by molar-refractivity contribution is 6.07. The van der Waals surface area contributed by atoms with Gasteiger partial charge in [0.15, 0.2) is 6.61 Å². The quantitative estimate of drug-likeness (QED) is 0.580. The molecule has 0 spiro atoms. The SMILES string of the molecule is Cc1ccc(OCC(=O)N2CCN(C(=O)c3cccc4ccccc34)CC2)c(C(C)(C)C)c1. The number of aryl methyl sites for hydroxylation is 1. The molecule has 3 aromatic carbocycles. The van der Waals surface area contributed by atoms with E-state index in [0.29, 0.717) is 31.7 Å². The molecule has 1 fully saturated rings. The molecule has 5 nitrogen and oxygen atoms in total. The lowest BCUT2D eigenvalue weighted by atomic mass is 9.85. The number of hydrogen-bond donors (Lipinski definition) is 0. The van der Waals surface area contributed by atoms with Gasteiger partial charge in [0.25, 0.3) is 11.8 Å². The molecule has 1 aliphatic rings. The first-order chi connectivity index (χ1) is 15.7. The lowest BCUT2D eigenvalue weighted by Gasteiger charge is -2.35. The second-order valence-corrected chi connectivity index (χ2v) is 9.74. The van der Waals surface area contributed by atoms with Crippen LogP contribution in [0.2, 0.25) is 0 Å². The van der Waals surface area contributed by atoms with Crippen LogP contribution in [0.25, 0.3) is 10.8 Å². The molecule has 0 aliphatic carbocycles. The smallest absolute Gasteiger partial charge is 0.260 e. The van der Waals surface area contributed by atoms with E-state index in [1.54, 1.807) is 4.90 Å². The van der Waals surface area contributed by atoms with Crippen LogP contribution in [0.1, 0.15) is 42.3 Å². The van der Waals surface area contributed by atoms with Crippen molar-refractivity contribution in [2.45, 2.75) is 33.1 Å². The predicted molar refractivity (Wildman–Crippen MR) is 132 cm³/mol. The third-order valence-corrected chi connectivity index (χ3v) is 6.23. The Morgan fingerprint density at radius 2 is 1.55 bits per heavy atom. The maximum atomic E-state index is 13.2. The van der Waals surface area contributed by atoms with Crippen molar-refractivity contribution in [3.63, 3.8) is 0 Å². The Kier molecular flexibility index (Phi) is 6.41. The second-order valence-electron chi connectivity index (χ2n) is 9.74. The van der Waals surface area contributed by atoms with Crippen LogP contribution >= 0.6 is 0 Å². The highest BCUT2D eigenvalue weighted by Crippen LogP contribution is 2.32. The number of carbonyl (C=O) groups excluding carboxylic acids is 2. The van der Waals surface area contributed by atoms with Gasteiger partial charge in [-0.25, -0.2) is 0 Å². The van der Waals surface area contributed by atoms with Crippen molar-refractivity contribution in [1.29, 1.82) is 0 Å². The number of piperazine rings is 1. The molecule has 0 radical (unpaired) electrons. The molecule has 0 unspecified atom stereocenters. The molecule has 0 N–H and O–H groups in total. The second kappa shape index (κ2) is 9.26. The van der Waals surface area contributed by atoms with Crippen LogP contribution < -0.4 is 4.74 Å². The monoisotopic (exact) mass is 444 g/mol. The number of nitrogens with zero attached hydrogens (tertiary/aromatic N) is 2. The molecule has 1 heterocycles. The maximum Gasteiger partial charge on any atom is 0.260 e. The van der Waals surface area contributed by atoms with E-state index in [0.717, 1.165) is 22.1 Å². The van der Waals surface area contributed by atoms with Crippen molar-refractivity contribution in [3.8, 4) is 5.75 Å². The summed E-state index contributed by atoms with van der Waals surface area (Å²) in [5, 5.41) is 2.02. The normalized spacial score (nSPS) is 14.4. The van der Waals surface area contributed by atoms with Crippen LogP contribution in [-0.4, -0.2) is 54.4 Å². The highest BCUT2D eigenvalue weighted by atomic mass is 16.5. The van der Waals surface area contributed by atoms with Crippen molar-refractivity contribution in [3.05, 3.63) is 77.4 Å². The van der Waals surface area contributed by atoms with Gasteiger partial charge in [-0.1, -0.05) is 74.9 Å². The number of fused-ring (bicyclic) bond motifs is 1. The average molecular weight is 445 g/mol. The molecular weight excluding hydrogens is 412 g/mol. The highest BCUT2D eigenvalue weighted by Gasteiger charge is 2.26. The summed E-state index contributed by atoms with van der Waals surface area (Å²) in [5.74, 6) is 0.725. The molecule has 0 aromatic heterocycles. The van der Waals surface area contributed by atoms with Gasteiger partial charge >= 0.3 is 0 Å². The Bertz CT molecular complexity index is 1170. The summed E-state index contributed by atoms with van der Waals surface area (Å²) in [7, 11) is 0. The number of carbonyl (C=O) groups is 2. The lowest BCUT2D eigenvalue weighted by Crippen LogP contribution is -2.51. The minimum Gasteiger partial charge on any atom is -0.483 e. The fraction of sp³-hybridized carbons (Fsp3) is 0.357. The Morgan fingerprint density at radius 3 is 2.27 bits per heavy atom. The van der Waals surface area contributed by atoms with E-state index >= 15 is 0 Å². The first-order valence-corrected chi connectivity index (χ1v) is 11.5. The largest absolute Gasteiger partial charge is 0.483 e. The third-order valence-electron chi connectivity index (χ3n) is 6.23. The van der Waals surface area contributed by atoms with Crippen LogP contribution in [0.3, 0.4) is 0 Å². The number of benzene rings is 3. The van der Waals surface area contributed by atoms with Gasteiger partial charge in [-0.15, -0.1) is 0 Å². The summed E-state index contributed by atoms with van der Waals surface area (Å²) in [5.41, 5.74) is 2.91. The van der Waals surface area contributed by atoms with Crippen molar-refractivity contribution in [2.75, 3.05) is 32.8 Å². The van der Waals surface area contributed by atoms with Crippen LogP contribution in [0.5, 0.6) is 5.75 Å². The first kappa shape index (κ1) is 22.8. The van der Waals surface area contributed by atoms with Gasteiger partial charge in [-0.05, 0) is 40.8 Å². The molecule has 0 saturated carbocycles. The molecule has 4 rings (SSSR count). The molecule has 2 amide bonds. The summed E-state index contributed by atoms with van der Waals surface area (Å²) in [6.07, 6.45) is 0. The standard InChI is InChI=1S/C28H32N2O3/c1-20-12-13-25(24(18-20)28(2,3)4)33-19-26(31)29-14-16-30(17-15-29)27(32)23-11-7-9-21-8-5-6-10-22(21)23/h5-13,18H,14-17,19H2,1-4H3. The van der Waals surface area contributed by atoms with Gasteiger partial charge in [0, 0.05) is 31.7 Å². The van der Waals surface area contributed by atoms with Crippen molar-refractivity contribution in [2.24, 2.45) is 0 Å². The third kappa shape index (κ3) is 5.03. The number of amides is 2. The molecule has 3 aromatic rings. The molecule has 5 heteroatoms. The summed E-state index contributed by atoms with van der Waals surface area (Å²) >= 11 is 0. The van der Waals surface area contributed by atoms with E-state index in [1.807, 2.05) is 59.5 Å². The fourth-order valence-corrected chi connectivity index (χ4v) is 4.33. The van der Waals surface area contributed by atoms with Crippen molar-refractivity contribution in [1.82, 2.24) is 9.80 Å². The van der Waals surface area contributed by atoms with Gasteiger partial charge in [-0.3, -0.25) is 9.59 Å². The van der Waals surface area contributed by atoms with E-state index in [-0.39, 0.29) is 23.8 Å². The molecule has 172 valence electrons. The van der Waals surface area contributed by atoms with Crippen LogP contribution in [0, 0.1) is 6.92 Å². The van der Waals surface area contributed by atoms with Crippen LogP contribution in [-0.2, 0) is 10.2 Å². The molecule has 0 bridgehead atoms. The van der Waals surface area contributed by atoms with E-state index in [1.165, 1.54) is 5.56 Å². The summed E-state index contributed by atoms with van der Waals surface area (Å²) in [6.45, 7) is 10.6. The zero-order valence-electron chi connectivity index (χ0n) is 19.9. The molecule has 1 saturated heterocycles. The fourth-order valence-electron chi connectivity index (χ4n) is 4.33. The average Bonchev–Trinajstić information content (AvgIpc) is 2.81. The topological polar surface area (TPSA) is 49.9 Å². The number of hydrogen-bond acceptors (Lipinski definition) is 3. The van der Waals surface area contributed by atoms with Crippen molar-refractivity contribution >= 4 is 22.6 Å². The van der Waals surface area contributed by atoms with Gasteiger partial charge in [0.1, 0.15) is 5.75 Å². The maximum absolute atomic E-state index is 13.2. The lowest BCUT2D eigenvalue weighted by molar-refractivity contribution is -0.134. The molecule has 1 aliphatic heterocycles. The van der Waals surface area contributed by atoms with Gasteiger partial charge < -0.3 is 14.5 Å². The van der Waals surface area contributed by atoms with Gasteiger partial charge in [-0.2, -0.15) is 0 Å². The Morgan fingerprint density at radius 1 is 0.879 bits per heavy atom. The van der Waals surface area contributed by atoms with Crippen molar-refractivity contribution < 1.29 is 14.3 Å². The first-order valence-electron chi connectivity index (χ1n) is 11.5. The predicted octanol–water partition coefficient (Wildman–Crippen LogP) is 4.81. The minimum absolute atomic E-state index is 0.00338.